The smallest absolute Gasteiger partial charge is 0.303 e. The molecule has 0 aliphatic heterocycles. The van der Waals surface area contributed by atoms with Gasteiger partial charge in [0.15, 0.2) is 0 Å². The standard InChI is InChI=1S/C18H34O2.C16H30O2/c1-2-3-4-5-6-7-8-9-10-11-12-13-14-15-16-17-18(19)20;1-2-3-4-5-6-7-8-9-10-11-12-13-14-15-16(17)18/h12-13H,2-11,14-17H2,1H3,(H,19,20);7-8H,2-6,9-15H2,1H3,(H,17,18)/b13-12-;8-7-. The van der Waals surface area contributed by atoms with Crippen molar-refractivity contribution < 1.29 is 19.8 Å². The number of aliphatic carboxylic acids is 2. The van der Waals surface area contributed by atoms with Crippen LogP contribution in [-0.4, -0.2) is 22.2 Å². The molecular weight excluding hydrogens is 472 g/mol. The fraction of sp³-hybridized carbons (Fsp3) is 0.824. The molecule has 0 amide bonds. The van der Waals surface area contributed by atoms with Gasteiger partial charge >= 0.3 is 11.9 Å². The molecule has 224 valence electrons. The van der Waals surface area contributed by atoms with Gasteiger partial charge in [0.1, 0.15) is 0 Å². The van der Waals surface area contributed by atoms with Crippen LogP contribution in [0.1, 0.15) is 181 Å². The first-order chi connectivity index (χ1) is 18.5. The van der Waals surface area contributed by atoms with E-state index in [1.54, 1.807) is 0 Å². The third-order valence-corrected chi connectivity index (χ3v) is 6.80. The van der Waals surface area contributed by atoms with Crippen LogP contribution in [0.3, 0.4) is 0 Å². The molecule has 0 radical (unpaired) electrons. The molecule has 0 rings (SSSR count). The van der Waals surface area contributed by atoms with Crippen LogP contribution >= 0.6 is 0 Å². The first kappa shape index (κ1) is 38.6. The molecular formula is C34H64O4. The Morgan fingerprint density at radius 3 is 0.974 bits per heavy atom. The van der Waals surface area contributed by atoms with E-state index < -0.39 is 11.9 Å². The van der Waals surface area contributed by atoms with Crippen molar-refractivity contribution in [2.24, 2.45) is 0 Å². The molecule has 4 nitrogen and oxygen atoms in total. The van der Waals surface area contributed by atoms with Gasteiger partial charge in [-0.3, -0.25) is 9.59 Å². The van der Waals surface area contributed by atoms with Crippen LogP contribution in [0.2, 0.25) is 0 Å². The summed E-state index contributed by atoms with van der Waals surface area (Å²) in [5, 5.41) is 17.0. The highest BCUT2D eigenvalue weighted by atomic mass is 16.4. The molecule has 0 atom stereocenters. The number of unbranched alkanes of at least 4 members (excludes halogenated alkanes) is 20. The van der Waals surface area contributed by atoms with Crippen molar-refractivity contribution in [2.45, 2.75) is 181 Å². The minimum Gasteiger partial charge on any atom is -0.481 e. The van der Waals surface area contributed by atoms with Crippen LogP contribution in [0.5, 0.6) is 0 Å². The number of hydrogen-bond donors (Lipinski definition) is 2. The second-order valence-electron chi connectivity index (χ2n) is 10.7. The number of carboxylic acids is 2. The molecule has 0 aliphatic rings. The Kier molecular flexibility index (Phi) is 35.9. The second-order valence-corrected chi connectivity index (χ2v) is 10.7. The lowest BCUT2D eigenvalue weighted by atomic mass is 10.1. The highest BCUT2D eigenvalue weighted by Gasteiger charge is 1.96. The van der Waals surface area contributed by atoms with Gasteiger partial charge in [0.2, 0.25) is 0 Å². The normalized spacial score (nSPS) is 11.2. The van der Waals surface area contributed by atoms with Crippen molar-refractivity contribution in [3.63, 3.8) is 0 Å². The van der Waals surface area contributed by atoms with E-state index in [0.29, 0.717) is 12.8 Å². The van der Waals surface area contributed by atoms with Gasteiger partial charge in [-0.1, -0.05) is 128 Å². The van der Waals surface area contributed by atoms with E-state index in [4.69, 9.17) is 10.2 Å². The second kappa shape index (κ2) is 35.4. The third-order valence-electron chi connectivity index (χ3n) is 6.80. The third kappa shape index (κ3) is 41.5. The fourth-order valence-corrected chi connectivity index (χ4v) is 4.34. The van der Waals surface area contributed by atoms with Crippen LogP contribution in [0.15, 0.2) is 24.3 Å². The molecule has 0 saturated heterocycles. The van der Waals surface area contributed by atoms with Gasteiger partial charge in [-0.2, -0.15) is 0 Å². The minimum absolute atomic E-state index is 0.312. The van der Waals surface area contributed by atoms with E-state index in [9.17, 15) is 9.59 Å². The zero-order chi connectivity index (χ0) is 28.4. The lowest BCUT2D eigenvalue weighted by molar-refractivity contribution is -0.138. The number of carbonyl (C=O) groups is 2. The Hall–Kier alpha value is -1.58. The predicted octanol–water partition coefficient (Wildman–Crippen LogP) is 11.4. The molecule has 0 spiro atoms. The molecule has 38 heavy (non-hydrogen) atoms. The van der Waals surface area contributed by atoms with Crippen LogP contribution in [-0.2, 0) is 9.59 Å². The maximum absolute atomic E-state index is 10.3. The molecule has 0 aromatic carbocycles. The molecule has 0 heterocycles. The highest BCUT2D eigenvalue weighted by Crippen LogP contribution is 2.11. The van der Waals surface area contributed by atoms with Gasteiger partial charge in [-0.25, -0.2) is 0 Å². The van der Waals surface area contributed by atoms with Crippen molar-refractivity contribution in [3.05, 3.63) is 24.3 Å². The van der Waals surface area contributed by atoms with Crippen LogP contribution in [0.4, 0.5) is 0 Å². The van der Waals surface area contributed by atoms with Crippen molar-refractivity contribution in [1.82, 2.24) is 0 Å². The van der Waals surface area contributed by atoms with E-state index in [0.717, 1.165) is 32.1 Å². The van der Waals surface area contributed by atoms with Gasteiger partial charge in [0, 0.05) is 12.8 Å². The van der Waals surface area contributed by atoms with Gasteiger partial charge < -0.3 is 10.2 Å². The predicted molar refractivity (Wildman–Crippen MR) is 165 cm³/mol. The largest absolute Gasteiger partial charge is 0.481 e. The molecule has 4 heteroatoms. The topological polar surface area (TPSA) is 74.6 Å². The summed E-state index contributed by atoms with van der Waals surface area (Å²) in [5.41, 5.74) is 0. The SMILES string of the molecule is CCCCCC/C=C\CCCCCCCC(=O)O.CCCCCCCCCCC/C=C\CCCCC(=O)O. The lowest BCUT2D eigenvalue weighted by Crippen LogP contribution is -1.93. The van der Waals surface area contributed by atoms with Gasteiger partial charge in [-0.05, 0) is 64.2 Å². The fourth-order valence-electron chi connectivity index (χ4n) is 4.34. The summed E-state index contributed by atoms with van der Waals surface area (Å²) in [6.45, 7) is 4.51. The average molecular weight is 537 g/mol. The van der Waals surface area contributed by atoms with E-state index >= 15 is 0 Å². The van der Waals surface area contributed by atoms with E-state index in [2.05, 4.69) is 38.2 Å². The Balaban J connectivity index is 0. The molecule has 0 aromatic rings. The quantitative estimate of drug-likeness (QED) is 0.0770. The number of carboxylic acid groups (broad SMARTS) is 2. The molecule has 0 unspecified atom stereocenters. The average Bonchev–Trinajstić information content (AvgIpc) is 2.89. The summed E-state index contributed by atoms with van der Waals surface area (Å²) in [7, 11) is 0. The first-order valence-electron chi connectivity index (χ1n) is 16.3. The summed E-state index contributed by atoms with van der Waals surface area (Å²) in [6.07, 6.45) is 39.6. The zero-order valence-electron chi connectivity index (χ0n) is 25.4. The van der Waals surface area contributed by atoms with Crippen LogP contribution in [0, 0.1) is 0 Å². The van der Waals surface area contributed by atoms with Gasteiger partial charge in [0.05, 0.1) is 0 Å². The Labute approximate surface area is 236 Å². The Morgan fingerprint density at radius 2 is 0.632 bits per heavy atom. The van der Waals surface area contributed by atoms with E-state index in [1.165, 1.54) is 122 Å². The Morgan fingerprint density at radius 1 is 0.395 bits per heavy atom. The van der Waals surface area contributed by atoms with Crippen molar-refractivity contribution in [1.29, 1.82) is 0 Å². The van der Waals surface area contributed by atoms with Crippen LogP contribution in [0.25, 0.3) is 0 Å². The number of hydrogen-bond acceptors (Lipinski definition) is 2. The van der Waals surface area contributed by atoms with Gasteiger partial charge in [0.25, 0.3) is 0 Å². The summed E-state index contributed by atoms with van der Waals surface area (Å²) in [5.74, 6) is -1.34. The summed E-state index contributed by atoms with van der Waals surface area (Å²) in [4.78, 5) is 20.6. The van der Waals surface area contributed by atoms with Crippen molar-refractivity contribution in [2.75, 3.05) is 0 Å². The first-order valence-corrected chi connectivity index (χ1v) is 16.3. The summed E-state index contributed by atoms with van der Waals surface area (Å²) in [6, 6.07) is 0. The highest BCUT2D eigenvalue weighted by molar-refractivity contribution is 5.66. The van der Waals surface area contributed by atoms with E-state index in [-0.39, 0.29) is 0 Å². The van der Waals surface area contributed by atoms with Gasteiger partial charge in [-0.15, -0.1) is 0 Å². The molecule has 2 N–H and O–H groups in total. The Bertz CT molecular complexity index is 539. The maximum atomic E-state index is 10.3. The zero-order valence-corrected chi connectivity index (χ0v) is 25.4. The van der Waals surface area contributed by atoms with Crippen molar-refractivity contribution in [3.8, 4) is 0 Å². The molecule has 0 fully saturated rings. The maximum Gasteiger partial charge on any atom is 0.303 e. The number of rotatable bonds is 28. The van der Waals surface area contributed by atoms with Crippen LogP contribution < -0.4 is 0 Å². The summed E-state index contributed by atoms with van der Waals surface area (Å²) < 4.78 is 0. The molecule has 0 bridgehead atoms. The number of allylic oxidation sites excluding steroid dienone is 4. The summed E-state index contributed by atoms with van der Waals surface area (Å²) >= 11 is 0. The molecule has 0 aromatic heterocycles. The molecule has 0 aliphatic carbocycles. The minimum atomic E-state index is -0.677. The monoisotopic (exact) mass is 536 g/mol. The molecule has 0 saturated carbocycles. The van der Waals surface area contributed by atoms with E-state index in [1.807, 2.05) is 0 Å². The lowest BCUT2D eigenvalue weighted by Gasteiger charge is -2.00. The van der Waals surface area contributed by atoms with Crippen molar-refractivity contribution >= 4 is 11.9 Å².